The number of nitrogens with one attached hydrogen (secondary N) is 1. The van der Waals surface area contributed by atoms with Crippen molar-refractivity contribution in [2.24, 2.45) is 0 Å². The molecule has 2 fully saturated rings. The number of hydrogen-bond donors (Lipinski definition) is 1. The fourth-order valence-corrected chi connectivity index (χ4v) is 2.36. The van der Waals surface area contributed by atoms with Gasteiger partial charge in [0.1, 0.15) is 0 Å². The average molecular weight is 230 g/mol. The predicted octanol–water partition coefficient (Wildman–Crippen LogP) is 2.82. The molecule has 0 aromatic rings. The Labute approximate surface area is 100 Å². The summed E-state index contributed by atoms with van der Waals surface area (Å²) < 4.78 is 0. The largest absolute Gasteiger partial charge is 0.361 e. The van der Waals surface area contributed by atoms with Crippen molar-refractivity contribution < 1.29 is 0 Å². The minimum Gasteiger partial charge on any atom is -0.361 e. The molecule has 1 N–H and O–H groups in total. The van der Waals surface area contributed by atoms with Gasteiger partial charge < -0.3 is 10.2 Å². The Bertz CT molecular complexity index is 169. The van der Waals surface area contributed by atoms with Crippen molar-refractivity contribution in [3.05, 3.63) is 0 Å². The van der Waals surface area contributed by atoms with Crippen LogP contribution in [0.25, 0.3) is 0 Å². The van der Waals surface area contributed by atoms with Crippen LogP contribution in [-0.4, -0.2) is 35.6 Å². The molecule has 1 unspecified atom stereocenters. The maximum atomic E-state index is 5.30. The summed E-state index contributed by atoms with van der Waals surface area (Å²) in [6.07, 6.45) is 3.76. The fraction of sp³-hybridized carbons (Fsp3) is 0.917. The van der Waals surface area contributed by atoms with Crippen LogP contribution in [0.3, 0.4) is 0 Å². The Morgan fingerprint density at radius 2 is 1.93 bits per heavy atom. The number of thiocarbonyl (C=S) groups is 1. The van der Waals surface area contributed by atoms with Crippen LogP contribution in [0.15, 0.2) is 0 Å². The maximum Gasteiger partial charge on any atom is 0.0782 e. The van der Waals surface area contributed by atoms with E-state index < -0.39 is 0 Å². The molecule has 2 aliphatic heterocycles. The van der Waals surface area contributed by atoms with E-state index in [1.165, 1.54) is 17.8 Å². The van der Waals surface area contributed by atoms with E-state index in [2.05, 4.69) is 10.2 Å². The van der Waals surface area contributed by atoms with Gasteiger partial charge in [0, 0.05) is 25.7 Å². The SMILES string of the molecule is CC.CC.S=C1CCCC2CNCCN12. The minimum atomic E-state index is 0.713. The van der Waals surface area contributed by atoms with Crippen LogP contribution in [0, 0.1) is 0 Å². The molecule has 2 nitrogen and oxygen atoms in total. The number of piperazine rings is 1. The third-order valence-corrected chi connectivity index (χ3v) is 3.04. The van der Waals surface area contributed by atoms with E-state index in [9.17, 15) is 0 Å². The van der Waals surface area contributed by atoms with Gasteiger partial charge in [-0.05, 0) is 19.3 Å². The second-order valence-electron chi connectivity index (χ2n) is 3.34. The smallest absolute Gasteiger partial charge is 0.0782 e. The molecule has 0 aromatic carbocycles. The first-order valence-corrected chi connectivity index (χ1v) is 6.79. The number of nitrogens with zero attached hydrogens (tertiary/aromatic N) is 1. The highest BCUT2D eigenvalue weighted by atomic mass is 32.1. The average Bonchev–Trinajstić information content (AvgIpc) is 2.35. The van der Waals surface area contributed by atoms with Gasteiger partial charge in [0.25, 0.3) is 0 Å². The zero-order valence-corrected chi connectivity index (χ0v) is 11.5. The molecule has 0 radical (unpaired) electrons. The van der Waals surface area contributed by atoms with Gasteiger partial charge in [0.2, 0.25) is 0 Å². The van der Waals surface area contributed by atoms with E-state index in [0.717, 1.165) is 26.1 Å². The lowest BCUT2D eigenvalue weighted by Gasteiger charge is -2.41. The van der Waals surface area contributed by atoms with Crippen molar-refractivity contribution in [1.29, 1.82) is 0 Å². The summed E-state index contributed by atoms with van der Waals surface area (Å²) in [4.78, 5) is 3.61. The van der Waals surface area contributed by atoms with E-state index in [-0.39, 0.29) is 0 Å². The van der Waals surface area contributed by atoms with Crippen molar-refractivity contribution in [2.45, 2.75) is 53.0 Å². The first-order chi connectivity index (χ1) is 7.38. The highest BCUT2D eigenvalue weighted by Gasteiger charge is 2.26. The van der Waals surface area contributed by atoms with Gasteiger partial charge in [-0.3, -0.25) is 0 Å². The summed E-state index contributed by atoms with van der Waals surface area (Å²) in [6, 6.07) is 0.713. The highest BCUT2D eigenvalue weighted by Crippen LogP contribution is 2.19. The molecule has 0 aromatic heterocycles. The third kappa shape index (κ3) is 4.47. The van der Waals surface area contributed by atoms with Crippen molar-refractivity contribution in [2.75, 3.05) is 19.6 Å². The molecule has 0 aliphatic carbocycles. The molecule has 90 valence electrons. The zero-order chi connectivity index (χ0) is 11.7. The third-order valence-electron chi connectivity index (χ3n) is 2.60. The summed E-state index contributed by atoms with van der Waals surface area (Å²) in [7, 11) is 0. The van der Waals surface area contributed by atoms with Crippen molar-refractivity contribution in [3.63, 3.8) is 0 Å². The summed E-state index contributed by atoms with van der Waals surface area (Å²) >= 11 is 5.30. The second kappa shape index (κ2) is 9.10. The number of fused-ring (bicyclic) bond motifs is 1. The van der Waals surface area contributed by atoms with Crippen molar-refractivity contribution in [3.8, 4) is 0 Å². The van der Waals surface area contributed by atoms with Crippen LogP contribution in [0.5, 0.6) is 0 Å². The molecule has 2 aliphatic rings. The standard InChI is InChI=1S/C8H14N2S.2C2H6/c11-8-3-1-2-7-6-9-4-5-10(7)8;2*1-2/h7,9H,1-6H2;2*1-2H3. The first kappa shape index (κ1) is 14.8. The van der Waals surface area contributed by atoms with Crippen LogP contribution in [-0.2, 0) is 0 Å². The summed E-state index contributed by atoms with van der Waals surface area (Å²) in [5.41, 5.74) is 0. The van der Waals surface area contributed by atoms with Crippen molar-refractivity contribution in [1.82, 2.24) is 10.2 Å². The van der Waals surface area contributed by atoms with Gasteiger partial charge in [-0.25, -0.2) is 0 Å². The monoisotopic (exact) mass is 230 g/mol. The molecule has 1 atom stereocenters. The van der Waals surface area contributed by atoms with Crippen LogP contribution in [0.4, 0.5) is 0 Å². The summed E-state index contributed by atoms with van der Waals surface area (Å²) in [5, 5.41) is 3.40. The molecule has 15 heavy (non-hydrogen) atoms. The lowest BCUT2D eigenvalue weighted by molar-refractivity contribution is 0.225. The molecule has 0 amide bonds. The van der Waals surface area contributed by atoms with Crippen LogP contribution in [0.2, 0.25) is 0 Å². The van der Waals surface area contributed by atoms with E-state index in [1.807, 2.05) is 27.7 Å². The molecule has 2 saturated heterocycles. The normalized spacial score (nSPS) is 24.1. The first-order valence-electron chi connectivity index (χ1n) is 6.38. The molecule has 0 bridgehead atoms. The Morgan fingerprint density at radius 3 is 2.53 bits per heavy atom. The molecule has 3 heteroatoms. The molecular formula is C12H26N2S. The highest BCUT2D eigenvalue weighted by molar-refractivity contribution is 7.80. The summed E-state index contributed by atoms with van der Waals surface area (Å²) in [5.74, 6) is 0. The zero-order valence-electron chi connectivity index (χ0n) is 10.7. The van der Waals surface area contributed by atoms with Gasteiger partial charge in [-0.1, -0.05) is 39.9 Å². The lowest BCUT2D eigenvalue weighted by Crippen LogP contribution is -2.54. The Morgan fingerprint density at radius 1 is 1.27 bits per heavy atom. The van der Waals surface area contributed by atoms with E-state index in [4.69, 9.17) is 12.2 Å². The van der Waals surface area contributed by atoms with Gasteiger partial charge in [-0.2, -0.15) is 0 Å². The topological polar surface area (TPSA) is 15.3 Å². The molecule has 0 spiro atoms. The number of piperidine rings is 1. The number of rotatable bonds is 0. The van der Waals surface area contributed by atoms with Crippen molar-refractivity contribution >= 4 is 17.2 Å². The lowest BCUT2D eigenvalue weighted by atomic mass is 10.0. The fourth-order valence-electron chi connectivity index (χ4n) is 1.98. The van der Waals surface area contributed by atoms with Gasteiger partial charge in [0.15, 0.2) is 0 Å². The quantitative estimate of drug-likeness (QED) is 0.644. The van der Waals surface area contributed by atoms with Crippen LogP contribution < -0.4 is 5.32 Å². The van der Waals surface area contributed by atoms with E-state index >= 15 is 0 Å². The van der Waals surface area contributed by atoms with Gasteiger partial charge in [-0.15, -0.1) is 0 Å². The molecule has 2 rings (SSSR count). The van der Waals surface area contributed by atoms with E-state index in [0.29, 0.717) is 6.04 Å². The Balaban J connectivity index is 0.000000442. The predicted molar refractivity (Wildman–Crippen MR) is 72.5 cm³/mol. The number of hydrogen-bond acceptors (Lipinski definition) is 2. The van der Waals surface area contributed by atoms with Crippen LogP contribution >= 0.6 is 12.2 Å². The Kier molecular flexibility index (Phi) is 9.01. The van der Waals surface area contributed by atoms with E-state index in [1.54, 1.807) is 0 Å². The van der Waals surface area contributed by atoms with Gasteiger partial charge in [0.05, 0.1) is 4.99 Å². The molecule has 2 heterocycles. The Hall–Kier alpha value is -0.150. The minimum absolute atomic E-state index is 0.713. The second-order valence-corrected chi connectivity index (χ2v) is 3.81. The molecule has 0 saturated carbocycles. The maximum absolute atomic E-state index is 5.30. The van der Waals surface area contributed by atoms with Gasteiger partial charge >= 0.3 is 0 Å². The molecular weight excluding hydrogens is 204 g/mol. The summed E-state index contributed by atoms with van der Waals surface area (Å²) in [6.45, 7) is 11.4. The van der Waals surface area contributed by atoms with Crippen LogP contribution in [0.1, 0.15) is 47.0 Å².